The molecule has 0 bridgehead atoms. The van der Waals surface area contributed by atoms with Crippen molar-refractivity contribution in [1.29, 1.82) is 0 Å². The highest BCUT2D eigenvalue weighted by Crippen LogP contribution is 2.20. The van der Waals surface area contributed by atoms with Crippen molar-refractivity contribution in [3.05, 3.63) is 72.8 Å². The van der Waals surface area contributed by atoms with Crippen LogP contribution in [0.3, 0.4) is 0 Å². The maximum absolute atomic E-state index is 13.5. The van der Waals surface area contributed by atoms with E-state index in [4.69, 9.17) is 4.43 Å². The van der Waals surface area contributed by atoms with Crippen molar-refractivity contribution < 1.29 is 13.2 Å². The minimum Gasteiger partial charge on any atom is -0.402 e. The Morgan fingerprint density at radius 1 is 0.923 bits per heavy atom. The molecule has 3 aromatic rings. The second-order valence-corrected chi connectivity index (χ2v) is 10.5. The van der Waals surface area contributed by atoms with Crippen LogP contribution in [0.4, 0.5) is 8.78 Å². The van der Waals surface area contributed by atoms with Crippen molar-refractivity contribution in [3.63, 3.8) is 0 Å². The molecule has 0 saturated heterocycles. The zero-order valence-corrected chi connectivity index (χ0v) is 16.0. The van der Waals surface area contributed by atoms with E-state index in [0.29, 0.717) is 6.17 Å². The molecule has 136 valence electrons. The number of nitrogens with zero attached hydrogens (tertiary/aromatic N) is 3. The molecule has 0 unspecified atom stereocenters. The Labute approximate surface area is 152 Å². The van der Waals surface area contributed by atoms with Gasteiger partial charge in [0.15, 0.2) is 0 Å². The van der Waals surface area contributed by atoms with Crippen LogP contribution >= 0.6 is 0 Å². The summed E-state index contributed by atoms with van der Waals surface area (Å²) in [6.07, 6.45) is 3.54. The van der Waals surface area contributed by atoms with E-state index in [1.165, 1.54) is 30.6 Å². The molecule has 3 rings (SSSR count). The van der Waals surface area contributed by atoms with Gasteiger partial charge in [-0.15, -0.1) is 0 Å². The van der Waals surface area contributed by atoms with E-state index >= 15 is 0 Å². The number of hydrogen-bond acceptors (Lipinski definition) is 3. The number of benzene rings is 2. The molecule has 0 spiro atoms. The first-order chi connectivity index (χ1) is 12.3. The Morgan fingerprint density at radius 2 is 1.42 bits per heavy atom. The molecule has 4 nitrogen and oxygen atoms in total. The predicted molar refractivity (Wildman–Crippen MR) is 98.7 cm³/mol. The highest BCUT2D eigenvalue weighted by molar-refractivity contribution is 6.96. The third-order valence-electron chi connectivity index (χ3n) is 3.95. The minimum absolute atomic E-state index is 0.313. The lowest BCUT2D eigenvalue weighted by Crippen LogP contribution is -2.66. The second kappa shape index (κ2) is 7.09. The van der Waals surface area contributed by atoms with E-state index in [-0.39, 0.29) is 11.6 Å². The highest BCUT2D eigenvalue weighted by atomic mass is 28.4. The smallest absolute Gasteiger partial charge is 0.277 e. The first kappa shape index (κ1) is 18.4. The molecule has 1 aromatic heterocycles. The van der Waals surface area contributed by atoms with E-state index in [1.807, 2.05) is 20.8 Å². The lowest BCUT2D eigenvalue weighted by atomic mass is 10.2. The van der Waals surface area contributed by atoms with Gasteiger partial charge in [-0.25, -0.2) is 13.8 Å². The van der Waals surface area contributed by atoms with Crippen LogP contribution in [0.25, 0.3) is 0 Å². The molecule has 0 N–H and O–H groups in total. The molecule has 0 fully saturated rings. The van der Waals surface area contributed by atoms with Gasteiger partial charge in [0, 0.05) is 5.60 Å². The lowest BCUT2D eigenvalue weighted by molar-refractivity contribution is 0.122. The summed E-state index contributed by atoms with van der Waals surface area (Å²) in [7, 11) is -2.91. The summed E-state index contributed by atoms with van der Waals surface area (Å²) in [6.45, 7) is 5.93. The van der Waals surface area contributed by atoms with Crippen LogP contribution in [-0.2, 0) is 10.6 Å². The van der Waals surface area contributed by atoms with Crippen molar-refractivity contribution in [1.82, 2.24) is 14.8 Å². The lowest BCUT2D eigenvalue weighted by Gasteiger charge is -2.38. The summed E-state index contributed by atoms with van der Waals surface area (Å²) in [6, 6.07) is 12.7. The summed E-state index contributed by atoms with van der Waals surface area (Å²) in [5.74, 6) is -0.625. The monoisotopic (exact) mass is 373 g/mol. The largest absolute Gasteiger partial charge is 0.402 e. The van der Waals surface area contributed by atoms with E-state index in [1.54, 1.807) is 35.3 Å². The van der Waals surface area contributed by atoms with Crippen LogP contribution in [0, 0.1) is 11.6 Å². The van der Waals surface area contributed by atoms with Crippen molar-refractivity contribution in [3.8, 4) is 0 Å². The van der Waals surface area contributed by atoms with Crippen LogP contribution in [0.15, 0.2) is 61.2 Å². The Balaban J connectivity index is 2.21. The zero-order valence-electron chi connectivity index (χ0n) is 15.0. The van der Waals surface area contributed by atoms with Gasteiger partial charge in [0.2, 0.25) is 0 Å². The first-order valence-corrected chi connectivity index (χ1v) is 10.4. The SMILES string of the molecule is CC(C)(C)O[Si](Cn1cncn1)(c1ccc(F)cc1)c1ccc(F)cc1. The fraction of sp³-hybridized carbons (Fsp3) is 0.263. The number of aromatic nitrogens is 3. The summed E-state index contributed by atoms with van der Waals surface area (Å²) in [5.41, 5.74) is -0.463. The molecule has 7 heteroatoms. The van der Waals surface area contributed by atoms with Crippen LogP contribution in [-0.4, -0.2) is 28.7 Å². The van der Waals surface area contributed by atoms with Gasteiger partial charge in [-0.2, -0.15) is 5.10 Å². The number of halogens is 2. The molecule has 0 radical (unpaired) electrons. The third-order valence-corrected chi connectivity index (χ3v) is 8.21. The van der Waals surface area contributed by atoms with Crippen molar-refractivity contribution >= 4 is 18.7 Å². The molecular weight excluding hydrogens is 352 g/mol. The predicted octanol–water partition coefficient (Wildman–Crippen LogP) is 2.67. The molecule has 0 aliphatic carbocycles. The summed E-state index contributed by atoms with van der Waals surface area (Å²) < 4.78 is 35.5. The van der Waals surface area contributed by atoms with E-state index in [0.717, 1.165) is 10.4 Å². The average Bonchev–Trinajstić information content (AvgIpc) is 3.07. The van der Waals surface area contributed by atoms with Gasteiger partial charge in [-0.05, 0) is 55.4 Å². The fourth-order valence-electron chi connectivity index (χ4n) is 3.00. The molecule has 2 aromatic carbocycles. The second-order valence-electron chi connectivity index (χ2n) is 7.15. The van der Waals surface area contributed by atoms with Crippen LogP contribution in [0.5, 0.6) is 0 Å². The first-order valence-electron chi connectivity index (χ1n) is 8.33. The summed E-state index contributed by atoms with van der Waals surface area (Å²) in [5, 5.41) is 6.00. The minimum atomic E-state index is -2.91. The summed E-state index contributed by atoms with van der Waals surface area (Å²) in [4.78, 5) is 4.02. The molecule has 26 heavy (non-hydrogen) atoms. The fourth-order valence-corrected chi connectivity index (χ4v) is 7.08. The highest BCUT2D eigenvalue weighted by Gasteiger charge is 2.44. The maximum Gasteiger partial charge on any atom is 0.277 e. The molecule has 0 amide bonds. The van der Waals surface area contributed by atoms with E-state index < -0.39 is 13.9 Å². The van der Waals surface area contributed by atoms with Crippen molar-refractivity contribution in [2.24, 2.45) is 0 Å². The van der Waals surface area contributed by atoms with Gasteiger partial charge in [0.05, 0.1) is 6.17 Å². The number of hydrogen-bond donors (Lipinski definition) is 0. The Kier molecular flexibility index (Phi) is 5.02. The van der Waals surface area contributed by atoms with Gasteiger partial charge in [0.25, 0.3) is 8.32 Å². The molecular formula is C19H21F2N3OSi. The van der Waals surface area contributed by atoms with Gasteiger partial charge >= 0.3 is 0 Å². The number of rotatable bonds is 5. The van der Waals surface area contributed by atoms with Gasteiger partial charge in [0.1, 0.15) is 24.3 Å². The topological polar surface area (TPSA) is 39.9 Å². The van der Waals surface area contributed by atoms with Crippen LogP contribution < -0.4 is 10.4 Å². The normalized spacial score (nSPS) is 12.3. The average molecular weight is 373 g/mol. The molecule has 0 atom stereocenters. The summed E-state index contributed by atoms with van der Waals surface area (Å²) >= 11 is 0. The molecule has 0 aliphatic heterocycles. The van der Waals surface area contributed by atoms with Gasteiger partial charge in [-0.3, -0.25) is 4.68 Å². The Hall–Kier alpha value is -2.38. The van der Waals surface area contributed by atoms with E-state index in [2.05, 4.69) is 10.1 Å². The van der Waals surface area contributed by atoms with Crippen molar-refractivity contribution in [2.45, 2.75) is 32.5 Å². The Morgan fingerprint density at radius 3 is 1.81 bits per heavy atom. The van der Waals surface area contributed by atoms with Crippen molar-refractivity contribution in [2.75, 3.05) is 0 Å². The van der Waals surface area contributed by atoms with Crippen LogP contribution in [0.1, 0.15) is 20.8 Å². The zero-order chi connectivity index (χ0) is 18.8. The third kappa shape index (κ3) is 4.05. The van der Waals surface area contributed by atoms with Gasteiger partial charge in [-0.1, -0.05) is 24.3 Å². The molecule has 0 aliphatic rings. The molecule has 1 heterocycles. The quantitative estimate of drug-likeness (QED) is 0.646. The van der Waals surface area contributed by atoms with E-state index in [9.17, 15) is 8.78 Å². The Bertz CT molecular complexity index is 798. The standard InChI is InChI=1S/C19H21F2N3OSi/c1-19(2,3)25-26(14-24-13-22-12-23-24,17-8-4-15(20)5-9-17)18-10-6-16(21)7-11-18/h4-13H,14H2,1-3H3. The van der Waals surface area contributed by atoms with Gasteiger partial charge < -0.3 is 4.43 Å². The maximum atomic E-state index is 13.5. The molecule has 0 saturated carbocycles. The van der Waals surface area contributed by atoms with Crippen LogP contribution in [0.2, 0.25) is 0 Å².